The Balaban J connectivity index is 2.24. The second-order valence-electron chi connectivity index (χ2n) is 3.54. The van der Waals surface area contributed by atoms with Crippen LogP contribution < -0.4 is 5.32 Å². The summed E-state index contributed by atoms with van der Waals surface area (Å²) in [6, 6.07) is 6.16. The molecule has 0 saturated carbocycles. The first-order valence-electron chi connectivity index (χ1n) is 4.64. The molecule has 1 atom stereocenters. The molecular weight excluding hydrogens is 162 g/mol. The van der Waals surface area contributed by atoms with Crippen LogP contribution in [0.4, 0.5) is 0 Å². The summed E-state index contributed by atoms with van der Waals surface area (Å²) in [6.07, 6.45) is 0.305. The van der Waals surface area contributed by atoms with Gasteiger partial charge in [-0.25, -0.2) is 0 Å². The van der Waals surface area contributed by atoms with Gasteiger partial charge in [-0.1, -0.05) is 6.07 Å². The van der Waals surface area contributed by atoms with E-state index in [0.29, 0.717) is 6.17 Å². The summed E-state index contributed by atoms with van der Waals surface area (Å²) in [7, 11) is 2.12. The Morgan fingerprint density at radius 2 is 2.38 bits per heavy atom. The van der Waals surface area contributed by atoms with Gasteiger partial charge in [0.2, 0.25) is 0 Å². The van der Waals surface area contributed by atoms with Crippen LogP contribution in [0.5, 0.6) is 0 Å². The van der Waals surface area contributed by atoms with Crippen molar-refractivity contribution in [3.8, 4) is 0 Å². The number of hydrogen-bond donors (Lipinski definition) is 1. The molecule has 0 spiro atoms. The van der Waals surface area contributed by atoms with E-state index in [2.05, 4.69) is 34.4 Å². The molecule has 1 unspecified atom stereocenters. The zero-order valence-corrected chi connectivity index (χ0v) is 8.12. The minimum Gasteiger partial charge on any atom is -0.295 e. The molecule has 2 heterocycles. The van der Waals surface area contributed by atoms with E-state index in [0.717, 1.165) is 24.5 Å². The van der Waals surface area contributed by atoms with E-state index in [1.54, 1.807) is 0 Å². The molecular formula is C10H15N3. The Morgan fingerprint density at radius 1 is 1.54 bits per heavy atom. The molecule has 0 aliphatic carbocycles. The molecule has 1 aromatic rings. The Bertz CT molecular complexity index is 298. The van der Waals surface area contributed by atoms with Crippen LogP contribution in [0.3, 0.4) is 0 Å². The van der Waals surface area contributed by atoms with Gasteiger partial charge in [-0.15, -0.1) is 0 Å². The van der Waals surface area contributed by atoms with Crippen LogP contribution in [0, 0.1) is 6.92 Å². The molecule has 1 N–H and O–H groups in total. The smallest absolute Gasteiger partial charge is 0.103 e. The topological polar surface area (TPSA) is 28.2 Å². The van der Waals surface area contributed by atoms with E-state index < -0.39 is 0 Å². The normalized spacial score (nSPS) is 23.7. The monoisotopic (exact) mass is 177 g/mol. The van der Waals surface area contributed by atoms with Crippen molar-refractivity contribution in [3.05, 3.63) is 29.6 Å². The molecule has 0 aromatic carbocycles. The van der Waals surface area contributed by atoms with Crippen molar-refractivity contribution in [2.75, 3.05) is 20.1 Å². The maximum absolute atomic E-state index is 4.50. The summed E-state index contributed by atoms with van der Waals surface area (Å²) >= 11 is 0. The van der Waals surface area contributed by atoms with Gasteiger partial charge in [0.15, 0.2) is 0 Å². The lowest BCUT2D eigenvalue weighted by Gasteiger charge is -2.18. The van der Waals surface area contributed by atoms with Gasteiger partial charge in [0.1, 0.15) is 6.17 Å². The summed E-state index contributed by atoms with van der Waals surface area (Å²) in [5.41, 5.74) is 2.21. The minimum atomic E-state index is 0.305. The molecule has 0 amide bonds. The van der Waals surface area contributed by atoms with Crippen molar-refractivity contribution in [1.82, 2.24) is 15.2 Å². The summed E-state index contributed by atoms with van der Waals surface area (Å²) in [6.45, 7) is 4.18. The van der Waals surface area contributed by atoms with E-state index in [9.17, 15) is 0 Å². The average Bonchev–Trinajstić information content (AvgIpc) is 2.51. The lowest BCUT2D eigenvalue weighted by atomic mass is 10.2. The third-order valence-corrected chi connectivity index (χ3v) is 2.43. The van der Waals surface area contributed by atoms with Gasteiger partial charge in [-0.3, -0.25) is 15.2 Å². The predicted molar refractivity (Wildman–Crippen MR) is 52.3 cm³/mol. The van der Waals surface area contributed by atoms with E-state index in [1.165, 1.54) is 0 Å². The molecule has 0 bridgehead atoms. The van der Waals surface area contributed by atoms with Gasteiger partial charge in [0.05, 0.1) is 5.69 Å². The van der Waals surface area contributed by atoms with Gasteiger partial charge < -0.3 is 0 Å². The highest BCUT2D eigenvalue weighted by molar-refractivity contribution is 5.13. The fraction of sp³-hybridized carbons (Fsp3) is 0.500. The van der Waals surface area contributed by atoms with Crippen molar-refractivity contribution < 1.29 is 0 Å². The van der Waals surface area contributed by atoms with Gasteiger partial charge in [-0.05, 0) is 26.1 Å². The number of aryl methyl sites for hydroxylation is 1. The highest BCUT2D eigenvalue weighted by atomic mass is 15.3. The standard InChI is InChI=1S/C10H15N3/c1-8-4-3-5-9(12-8)10-11-6-7-13(10)2/h3-5,10-11H,6-7H2,1-2H3. The van der Waals surface area contributed by atoms with Crippen molar-refractivity contribution in [1.29, 1.82) is 0 Å². The Hall–Kier alpha value is -0.930. The van der Waals surface area contributed by atoms with E-state index >= 15 is 0 Å². The Kier molecular flexibility index (Phi) is 2.29. The van der Waals surface area contributed by atoms with Crippen molar-refractivity contribution in [3.63, 3.8) is 0 Å². The molecule has 70 valence electrons. The predicted octanol–water partition coefficient (Wildman–Crippen LogP) is 0.924. The molecule has 1 aliphatic rings. The van der Waals surface area contributed by atoms with E-state index in [-0.39, 0.29) is 0 Å². The summed E-state index contributed by atoms with van der Waals surface area (Å²) in [4.78, 5) is 6.78. The third kappa shape index (κ3) is 1.71. The van der Waals surface area contributed by atoms with Gasteiger partial charge in [0, 0.05) is 18.8 Å². The second kappa shape index (κ2) is 3.44. The molecule has 1 aromatic heterocycles. The highest BCUT2D eigenvalue weighted by Gasteiger charge is 2.22. The maximum Gasteiger partial charge on any atom is 0.103 e. The Morgan fingerprint density at radius 3 is 3.00 bits per heavy atom. The van der Waals surface area contributed by atoms with E-state index in [4.69, 9.17) is 0 Å². The van der Waals surface area contributed by atoms with Gasteiger partial charge in [0.25, 0.3) is 0 Å². The maximum atomic E-state index is 4.50. The number of nitrogens with one attached hydrogen (secondary N) is 1. The average molecular weight is 177 g/mol. The van der Waals surface area contributed by atoms with E-state index in [1.807, 2.05) is 13.0 Å². The quantitative estimate of drug-likeness (QED) is 0.691. The van der Waals surface area contributed by atoms with Crippen LogP contribution in [0.15, 0.2) is 18.2 Å². The van der Waals surface area contributed by atoms with Crippen LogP contribution in [0.25, 0.3) is 0 Å². The molecule has 2 rings (SSSR count). The largest absolute Gasteiger partial charge is 0.295 e. The number of aromatic nitrogens is 1. The summed E-state index contributed by atoms with van der Waals surface area (Å²) in [5.74, 6) is 0. The SMILES string of the molecule is Cc1cccc(C2NCCN2C)n1. The fourth-order valence-electron chi connectivity index (χ4n) is 1.71. The molecule has 1 aliphatic heterocycles. The van der Waals surface area contributed by atoms with Crippen molar-refractivity contribution >= 4 is 0 Å². The van der Waals surface area contributed by atoms with Crippen LogP contribution in [0.1, 0.15) is 17.6 Å². The molecule has 3 nitrogen and oxygen atoms in total. The first-order valence-corrected chi connectivity index (χ1v) is 4.64. The molecule has 0 radical (unpaired) electrons. The first-order chi connectivity index (χ1) is 6.27. The second-order valence-corrected chi connectivity index (χ2v) is 3.54. The zero-order valence-electron chi connectivity index (χ0n) is 8.12. The van der Waals surface area contributed by atoms with Crippen molar-refractivity contribution in [2.24, 2.45) is 0 Å². The summed E-state index contributed by atoms with van der Waals surface area (Å²) in [5, 5.41) is 3.41. The first kappa shape index (κ1) is 8.66. The van der Waals surface area contributed by atoms with Crippen LogP contribution in [0.2, 0.25) is 0 Å². The van der Waals surface area contributed by atoms with Crippen LogP contribution in [-0.4, -0.2) is 30.0 Å². The lowest BCUT2D eigenvalue weighted by Crippen LogP contribution is -2.24. The van der Waals surface area contributed by atoms with Gasteiger partial charge >= 0.3 is 0 Å². The number of likely N-dealkylation sites (N-methyl/N-ethyl adjacent to an activating group) is 1. The highest BCUT2D eigenvalue weighted by Crippen LogP contribution is 2.17. The van der Waals surface area contributed by atoms with Gasteiger partial charge in [-0.2, -0.15) is 0 Å². The Labute approximate surface area is 78.8 Å². The number of hydrogen-bond acceptors (Lipinski definition) is 3. The zero-order chi connectivity index (χ0) is 9.26. The number of nitrogens with zero attached hydrogens (tertiary/aromatic N) is 2. The van der Waals surface area contributed by atoms with Crippen molar-refractivity contribution in [2.45, 2.75) is 13.1 Å². The number of pyridine rings is 1. The van der Waals surface area contributed by atoms with Crippen LogP contribution in [-0.2, 0) is 0 Å². The lowest BCUT2D eigenvalue weighted by molar-refractivity contribution is 0.295. The van der Waals surface area contributed by atoms with Crippen LogP contribution >= 0.6 is 0 Å². The fourth-order valence-corrected chi connectivity index (χ4v) is 1.71. The molecule has 13 heavy (non-hydrogen) atoms. The minimum absolute atomic E-state index is 0.305. The molecule has 3 heteroatoms. The third-order valence-electron chi connectivity index (χ3n) is 2.43. The number of rotatable bonds is 1. The molecule has 1 fully saturated rings. The summed E-state index contributed by atoms with van der Waals surface area (Å²) < 4.78 is 0. The molecule has 1 saturated heterocycles.